The molecule has 0 unspecified atom stereocenters. The van der Waals surface area contributed by atoms with E-state index in [0.29, 0.717) is 16.4 Å². The third kappa shape index (κ3) is 2.70. The molecule has 17 heavy (non-hydrogen) atoms. The second kappa shape index (κ2) is 4.28. The molecular formula is C9H9F2NO4S. The summed E-state index contributed by atoms with van der Waals surface area (Å²) < 4.78 is 48.9. The molecule has 1 rings (SSSR count). The van der Waals surface area contributed by atoms with Crippen LogP contribution < -0.4 is 4.31 Å². The molecule has 94 valence electrons. The molecule has 0 amide bonds. The average Bonchev–Trinajstić information content (AvgIpc) is 2.18. The van der Waals surface area contributed by atoms with Crippen LogP contribution in [0.1, 0.15) is 10.4 Å². The predicted octanol–water partition coefficient (Wildman–Crippen LogP) is 1.06. The molecule has 0 fully saturated rings. The van der Waals surface area contributed by atoms with Crippen molar-refractivity contribution in [3.05, 3.63) is 29.3 Å². The number of carboxylic acid groups (broad SMARTS) is 1. The van der Waals surface area contributed by atoms with Gasteiger partial charge in [0.25, 0.3) is 0 Å². The second-order valence-corrected chi connectivity index (χ2v) is 5.33. The van der Waals surface area contributed by atoms with Crippen molar-refractivity contribution >= 4 is 21.7 Å². The van der Waals surface area contributed by atoms with Crippen LogP contribution in [-0.2, 0) is 10.0 Å². The molecule has 0 heterocycles. The van der Waals surface area contributed by atoms with E-state index in [0.717, 1.165) is 13.3 Å². The number of anilines is 1. The van der Waals surface area contributed by atoms with Crippen molar-refractivity contribution in [3.8, 4) is 0 Å². The number of aromatic carboxylic acids is 1. The SMILES string of the molecule is CN(c1cc(F)c(F)cc1C(=O)O)S(C)(=O)=O. The Balaban J connectivity index is 3.52. The number of nitrogens with zero attached hydrogens (tertiary/aromatic N) is 1. The number of hydrogen-bond acceptors (Lipinski definition) is 3. The zero-order valence-electron chi connectivity index (χ0n) is 8.94. The first kappa shape index (κ1) is 13.4. The van der Waals surface area contributed by atoms with E-state index in [4.69, 9.17) is 5.11 Å². The second-order valence-electron chi connectivity index (χ2n) is 3.32. The summed E-state index contributed by atoms with van der Waals surface area (Å²) >= 11 is 0. The average molecular weight is 265 g/mol. The smallest absolute Gasteiger partial charge is 0.337 e. The highest BCUT2D eigenvalue weighted by Crippen LogP contribution is 2.24. The van der Waals surface area contributed by atoms with Gasteiger partial charge >= 0.3 is 5.97 Å². The van der Waals surface area contributed by atoms with Gasteiger partial charge in [-0.15, -0.1) is 0 Å². The van der Waals surface area contributed by atoms with Crippen LogP contribution in [0.4, 0.5) is 14.5 Å². The molecule has 0 aliphatic rings. The molecule has 0 aromatic heterocycles. The fourth-order valence-corrected chi connectivity index (χ4v) is 1.66. The normalized spacial score (nSPS) is 11.3. The summed E-state index contributed by atoms with van der Waals surface area (Å²) in [6, 6.07) is 0.967. The Morgan fingerprint density at radius 3 is 2.18 bits per heavy atom. The van der Waals surface area contributed by atoms with Crippen molar-refractivity contribution in [1.29, 1.82) is 0 Å². The summed E-state index contributed by atoms with van der Waals surface area (Å²) in [7, 11) is -2.71. The van der Waals surface area contributed by atoms with Crippen molar-refractivity contribution in [2.45, 2.75) is 0 Å². The predicted molar refractivity (Wildman–Crippen MR) is 56.6 cm³/mol. The molecule has 1 aromatic carbocycles. The lowest BCUT2D eigenvalue weighted by molar-refractivity contribution is 0.0697. The highest BCUT2D eigenvalue weighted by atomic mass is 32.2. The highest BCUT2D eigenvalue weighted by molar-refractivity contribution is 7.92. The van der Waals surface area contributed by atoms with Gasteiger partial charge in [-0.1, -0.05) is 0 Å². The molecule has 1 aromatic rings. The Labute approximate surface area is 96.3 Å². The Kier molecular flexibility index (Phi) is 3.37. The van der Waals surface area contributed by atoms with Crippen LogP contribution in [0.5, 0.6) is 0 Å². The van der Waals surface area contributed by atoms with Gasteiger partial charge in [0.05, 0.1) is 17.5 Å². The standard InChI is InChI=1S/C9H9F2NO4S/c1-12(17(2,15)16)8-4-7(11)6(10)3-5(8)9(13)14/h3-4H,1-2H3,(H,13,14). The van der Waals surface area contributed by atoms with Crippen LogP contribution >= 0.6 is 0 Å². The Morgan fingerprint density at radius 1 is 1.29 bits per heavy atom. The van der Waals surface area contributed by atoms with E-state index in [-0.39, 0.29) is 0 Å². The molecule has 8 heteroatoms. The first-order valence-corrected chi connectivity index (χ1v) is 6.15. The molecule has 0 atom stereocenters. The number of hydrogen-bond donors (Lipinski definition) is 1. The van der Waals surface area contributed by atoms with Crippen LogP contribution in [0.2, 0.25) is 0 Å². The molecule has 0 bridgehead atoms. The van der Waals surface area contributed by atoms with Gasteiger partial charge in [0.1, 0.15) is 0 Å². The Morgan fingerprint density at radius 2 is 1.76 bits per heavy atom. The van der Waals surface area contributed by atoms with Gasteiger partial charge in [0.15, 0.2) is 11.6 Å². The number of benzene rings is 1. The van der Waals surface area contributed by atoms with E-state index < -0.39 is 38.9 Å². The maximum atomic E-state index is 13.0. The van der Waals surface area contributed by atoms with Gasteiger partial charge in [0, 0.05) is 13.1 Å². The van der Waals surface area contributed by atoms with Gasteiger partial charge in [-0.05, 0) is 6.07 Å². The van der Waals surface area contributed by atoms with E-state index in [9.17, 15) is 22.0 Å². The first-order valence-electron chi connectivity index (χ1n) is 4.31. The van der Waals surface area contributed by atoms with Gasteiger partial charge in [-0.25, -0.2) is 22.0 Å². The molecule has 0 saturated carbocycles. The zero-order chi connectivity index (χ0) is 13.4. The minimum absolute atomic E-state index is 0.432. The molecule has 0 saturated heterocycles. The molecule has 1 N–H and O–H groups in total. The van der Waals surface area contributed by atoms with Crippen molar-refractivity contribution in [2.24, 2.45) is 0 Å². The van der Waals surface area contributed by atoms with E-state index in [1.54, 1.807) is 0 Å². The molecule has 0 aliphatic carbocycles. The van der Waals surface area contributed by atoms with Crippen LogP contribution in [0.3, 0.4) is 0 Å². The summed E-state index contributed by atoms with van der Waals surface area (Å²) in [5.74, 6) is -4.22. The number of halogens is 2. The molecule has 0 aliphatic heterocycles. The largest absolute Gasteiger partial charge is 0.478 e. The van der Waals surface area contributed by atoms with Gasteiger partial charge in [0.2, 0.25) is 10.0 Å². The maximum absolute atomic E-state index is 13.0. The fraction of sp³-hybridized carbons (Fsp3) is 0.222. The summed E-state index contributed by atoms with van der Waals surface area (Å²) in [4.78, 5) is 10.8. The van der Waals surface area contributed by atoms with Crippen molar-refractivity contribution in [3.63, 3.8) is 0 Å². The zero-order valence-corrected chi connectivity index (χ0v) is 9.75. The molecular weight excluding hydrogens is 256 g/mol. The van der Waals surface area contributed by atoms with Crippen LogP contribution in [0, 0.1) is 11.6 Å². The summed E-state index contributed by atoms with van der Waals surface area (Å²) in [5.41, 5.74) is -1.06. The summed E-state index contributed by atoms with van der Waals surface area (Å²) in [6.45, 7) is 0. The molecule has 5 nitrogen and oxygen atoms in total. The third-order valence-electron chi connectivity index (χ3n) is 2.11. The third-order valence-corrected chi connectivity index (χ3v) is 3.30. The van der Waals surface area contributed by atoms with Crippen LogP contribution in [-0.4, -0.2) is 32.8 Å². The molecule has 0 radical (unpaired) electrons. The number of carbonyl (C=O) groups is 1. The van der Waals surface area contributed by atoms with E-state index in [2.05, 4.69) is 0 Å². The number of rotatable bonds is 3. The van der Waals surface area contributed by atoms with Crippen molar-refractivity contribution in [1.82, 2.24) is 0 Å². The van der Waals surface area contributed by atoms with Gasteiger partial charge < -0.3 is 5.11 Å². The van der Waals surface area contributed by atoms with Gasteiger partial charge in [-0.3, -0.25) is 4.31 Å². The minimum atomic E-state index is -3.76. The van der Waals surface area contributed by atoms with Crippen molar-refractivity contribution < 1.29 is 27.1 Å². The quantitative estimate of drug-likeness (QED) is 0.886. The van der Waals surface area contributed by atoms with Crippen molar-refractivity contribution in [2.75, 3.05) is 17.6 Å². The topological polar surface area (TPSA) is 74.7 Å². The van der Waals surface area contributed by atoms with Gasteiger partial charge in [-0.2, -0.15) is 0 Å². The molecule has 0 spiro atoms. The number of carboxylic acids is 1. The van der Waals surface area contributed by atoms with Crippen LogP contribution in [0.15, 0.2) is 12.1 Å². The maximum Gasteiger partial charge on any atom is 0.337 e. The lowest BCUT2D eigenvalue weighted by Crippen LogP contribution is -2.27. The Bertz CT molecular complexity index is 571. The van der Waals surface area contributed by atoms with E-state index in [1.807, 2.05) is 0 Å². The lowest BCUT2D eigenvalue weighted by atomic mass is 10.1. The fourth-order valence-electron chi connectivity index (χ4n) is 1.15. The summed E-state index contributed by atoms with van der Waals surface area (Å²) in [6.07, 6.45) is 0.819. The van der Waals surface area contributed by atoms with Crippen LogP contribution in [0.25, 0.3) is 0 Å². The first-order chi connectivity index (χ1) is 7.64. The summed E-state index contributed by atoms with van der Waals surface area (Å²) in [5, 5.41) is 8.78. The van der Waals surface area contributed by atoms with E-state index >= 15 is 0 Å². The minimum Gasteiger partial charge on any atom is -0.478 e. The van der Waals surface area contributed by atoms with E-state index in [1.165, 1.54) is 0 Å². The Hall–Kier alpha value is -1.70. The lowest BCUT2D eigenvalue weighted by Gasteiger charge is -2.18. The number of sulfonamides is 1. The monoisotopic (exact) mass is 265 g/mol. The highest BCUT2D eigenvalue weighted by Gasteiger charge is 2.22.